The third-order valence-corrected chi connectivity index (χ3v) is 3.87. The van der Waals surface area contributed by atoms with Crippen molar-refractivity contribution in [2.45, 2.75) is 19.9 Å². The summed E-state index contributed by atoms with van der Waals surface area (Å²) in [5.41, 5.74) is 2.36. The van der Waals surface area contributed by atoms with Crippen LogP contribution in [-0.2, 0) is 6.54 Å². The van der Waals surface area contributed by atoms with Crippen molar-refractivity contribution in [3.05, 3.63) is 46.1 Å². The van der Waals surface area contributed by atoms with E-state index in [0.717, 1.165) is 47.6 Å². The van der Waals surface area contributed by atoms with Crippen LogP contribution in [0.4, 0.5) is 0 Å². The maximum absolute atomic E-state index is 5.93. The fraction of sp³-hybridized carbons (Fsp3) is 0.412. The van der Waals surface area contributed by atoms with Crippen LogP contribution in [0.3, 0.4) is 0 Å². The Morgan fingerprint density at radius 2 is 1.87 bits per heavy atom. The summed E-state index contributed by atoms with van der Waals surface area (Å²) in [6.45, 7) is 4.99. The van der Waals surface area contributed by atoms with E-state index in [4.69, 9.17) is 4.42 Å². The largest absolute Gasteiger partial charge is 1.00 e. The molecule has 23 heavy (non-hydrogen) atoms. The van der Waals surface area contributed by atoms with Crippen molar-refractivity contribution in [2.75, 3.05) is 27.2 Å². The average Bonchev–Trinajstić information content (AvgIpc) is 2.86. The minimum atomic E-state index is 0. The smallest absolute Gasteiger partial charge is 0.134 e. The van der Waals surface area contributed by atoms with Crippen LogP contribution in [0.15, 0.2) is 39.2 Å². The van der Waals surface area contributed by atoms with Gasteiger partial charge in [0, 0.05) is 10.0 Å². The van der Waals surface area contributed by atoms with E-state index in [1.807, 2.05) is 12.1 Å². The topological polar surface area (TPSA) is 28.4 Å². The SMILES string of the molecule is Cc1cc(Br)ccc1-c1ccc(CNCCCN(C)C)o1.[Cl-].[Cl-]. The number of rotatable bonds is 7. The molecule has 0 atom stereocenters. The van der Waals surface area contributed by atoms with Crippen molar-refractivity contribution in [3.63, 3.8) is 0 Å². The molecule has 0 spiro atoms. The van der Waals surface area contributed by atoms with Gasteiger partial charge in [-0.05, 0) is 76.4 Å². The fourth-order valence-electron chi connectivity index (χ4n) is 2.25. The van der Waals surface area contributed by atoms with Crippen LogP contribution in [0.25, 0.3) is 11.3 Å². The lowest BCUT2D eigenvalue weighted by atomic mass is 10.1. The second-order valence-corrected chi connectivity index (χ2v) is 6.47. The maximum Gasteiger partial charge on any atom is 0.134 e. The molecule has 1 aromatic carbocycles. The van der Waals surface area contributed by atoms with Gasteiger partial charge >= 0.3 is 0 Å². The number of hydrogen-bond donors (Lipinski definition) is 1. The highest BCUT2D eigenvalue weighted by Crippen LogP contribution is 2.27. The van der Waals surface area contributed by atoms with Crippen molar-refractivity contribution in [1.29, 1.82) is 0 Å². The Hall–Kier alpha value is -0.520. The lowest BCUT2D eigenvalue weighted by Crippen LogP contribution is -3.00. The number of nitrogens with zero attached hydrogens (tertiary/aromatic N) is 1. The second-order valence-electron chi connectivity index (χ2n) is 5.56. The van der Waals surface area contributed by atoms with Gasteiger partial charge in [-0.2, -0.15) is 0 Å². The molecule has 0 aliphatic carbocycles. The van der Waals surface area contributed by atoms with Crippen LogP contribution in [0.1, 0.15) is 17.7 Å². The quantitative estimate of drug-likeness (QED) is 0.527. The molecule has 3 nitrogen and oxygen atoms in total. The van der Waals surface area contributed by atoms with Crippen LogP contribution in [-0.4, -0.2) is 32.1 Å². The van der Waals surface area contributed by atoms with Gasteiger partial charge in [-0.25, -0.2) is 0 Å². The predicted molar refractivity (Wildman–Crippen MR) is 91.5 cm³/mol. The Balaban J connectivity index is 0.00000242. The van der Waals surface area contributed by atoms with Crippen molar-refractivity contribution < 1.29 is 29.2 Å². The molecular formula is C17H23BrCl2N2O-2. The summed E-state index contributed by atoms with van der Waals surface area (Å²) in [6, 6.07) is 10.3. The maximum atomic E-state index is 5.93. The van der Waals surface area contributed by atoms with E-state index in [2.05, 4.69) is 65.4 Å². The number of furan rings is 1. The standard InChI is InChI=1S/C17H23BrN2O.2ClH/c1-13-11-14(18)5-7-16(13)17-8-6-15(21-17)12-19-9-4-10-20(2)3;;/h5-8,11,19H,4,9-10,12H2,1-3H3;2*1H/p-2. The molecule has 0 amide bonds. The molecule has 2 rings (SSSR count). The highest BCUT2D eigenvalue weighted by atomic mass is 79.9. The Bertz CT molecular complexity index is 588. The van der Waals surface area contributed by atoms with Crippen molar-refractivity contribution in [2.24, 2.45) is 0 Å². The summed E-state index contributed by atoms with van der Waals surface area (Å²) in [6.07, 6.45) is 1.15. The van der Waals surface area contributed by atoms with E-state index in [9.17, 15) is 0 Å². The average molecular weight is 422 g/mol. The van der Waals surface area contributed by atoms with Crippen molar-refractivity contribution >= 4 is 15.9 Å². The zero-order valence-electron chi connectivity index (χ0n) is 13.7. The first-order valence-electron chi connectivity index (χ1n) is 7.27. The van der Waals surface area contributed by atoms with Gasteiger partial charge in [-0.15, -0.1) is 0 Å². The minimum Gasteiger partial charge on any atom is -1.00 e. The third-order valence-electron chi connectivity index (χ3n) is 3.37. The number of aryl methyl sites for hydroxylation is 1. The Morgan fingerprint density at radius 3 is 2.52 bits per heavy atom. The molecule has 0 unspecified atom stereocenters. The molecule has 1 heterocycles. The van der Waals surface area contributed by atoms with Crippen LogP contribution >= 0.6 is 15.9 Å². The van der Waals surface area contributed by atoms with Gasteiger partial charge < -0.3 is 39.4 Å². The number of nitrogens with one attached hydrogen (secondary N) is 1. The Morgan fingerprint density at radius 1 is 1.13 bits per heavy atom. The molecule has 1 N–H and O–H groups in total. The Labute approximate surface area is 159 Å². The van der Waals surface area contributed by atoms with Crippen LogP contribution in [0.2, 0.25) is 0 Å². The Kier molecular flexibility index (Phi) is 10.9. The van der Waals surface area contributed by atoms with E-state index < -0.39 is 0 Å². The molecule has 0 aliphatic heterocycles. The van der Waals surface area contributed by atoms with Gasteiger partial charge in [0.05, 0.1) is 6.54 Å². The summed E-state index contributed by atoms with van der Waals surface area (Å²) in [7, 11) is 4.19. The van der Waals surface area contributed by atoms with Crippen LogP contribution < -0.4 is 30.1 Å². The third kappa shape index (κ3) is 7.27. The summed E-state index contributed by atoms with van der Waals surface area (Å²) in [4.78, 5) is 2.20. The summed E-state index contributed by atoms with van der Waals surface area (Å²) < 4.78 is 7.03. The van der Waals surface area contributed by atoms with E-state index in [1.54, 1.807) is 0 Å². The van der Waals surface area contributed by atoms with Gasteiger partial charge in [0.1, 0.15) is 11.5 Å². The molecule has 0 saturated heterocycles. The molecule has 0 saturated carbocycles. The summed E-state index contributed by atoms with van der Waals surface area (Å²) >= 11 is 3.49. The van der Waals surface area contributed by atoms with E-state index >= 15 is 0 Å². The molecule has 0 fully saturated rings. The molecule has 6 heteroatoms. The lowest BCUT2D eigenvalue weighted by Gasteiger charge is -2.09. The number of hydrogen-bond acceptors (Lipinski definition) is 3. The van der Waals surface area contributed by atoms with Crippen molar-refractivity contribution in [3.8, 4) is 11.3 Å². The zero-order chi connectivity index (χ0) is 15.2. The molecule has 0 radical (unpaired) electrons. The lowest BCUT2D eigenvalue weighted by molar-refractivity contribution is -0.00100. The first-order valence-corrected chi connectivity index (χ1v) is 8.06. The van der Waals surface area contributed by atoms with Gasteiger partial charge in [0.25, 0.3) is 0 Å². The zero-order valence-corrected chi connectivity index (χ0v) is 16.8. The van der Waals surface area contributed by atoms with Crippen LogP contribution in [0, 0.1) is 6.92 Å². The van der Waals surface area contributed by atoms with Crippen LogP contribution in [0.5, 0.6) is 0 Å². The second kappa shape index (κ2) is 11.1. The van der Waals surface area contributed by atoms with Gasteiger partial charge in [-0.3, -0.25) is 0 Å². The number of halogens is 3. The van der Waals surface area contributed by atoms with E-state index in [1.165, 1.54) is 5.56 Å². The summed E-state index contributed by atoms with van der Waals surface area (Å²) in [5, 5.41) is 3.42. The first-order chi connectivity index (χ1) is 10.1. The molecule has 1 aromatic heterocycles. The van der Waals surface area contributed by atoms with Gasteiger partial charge in [0.15, 0.2) is 0 Å². The van der Waals surface area contributed by atoms with Gasteiger partial charge in [-0.1, -0.05) is 15.9 Å². The minimum absolute atomic E-state index is 0. The monoisotopic (exact) mass is 420 g/mol. The number of benzene rings is 1. The molecule has 0 bridgehead atoms. The fourth-order valence-corrected chi connectivity index (χ4v) is 2.73. The molecule has 0 aliphatic rings. The van der Waals surface area contributed by atoms with E-state index in [-0.39, 0.29) is 24.8 Å². The van der Waals surface area contributed by atoms with Crippen molar-refractivity contribution in [1.82, 2.24) is 10.2 Å². The highest BCUT2D eigenvalue weighted by Gasteiger charge is 2.07. The van der Waals surface area contributed by atoms with E-state index in [0.29, 0.717) is 0 Å². The predicted octanol–water partition coefficient (Wildman–Crippen LogP) is -1.93. The highest BCUT2D eigenvalue weighted by molar-refractivity contribution is 9.10. The molecular weight excluding hydrogens is 399 g/mol. The van der Waals surface area contributed by atoms with Gasteiger partial charge in [0.2, 0.25) is 0 Å². The normalized spacial score (nSPS) is 10.3. The first kappa shape index (κ1) is 22.5. The molecule has 2 aromatic rings. The molecule has 130 valence electrons. The summed E-state index contributed by atoms with van der Waals surface area (Å²) in [5.74, 6) is 1.92.